The van der Waals surface area contributed by atoms with Crippen molar-refractivity contribution in [3.8, 4) is 5.75 Å². The number of para-hydroxylation sites is 1. The zero-order chi connectivity index (χ0) is 17.3. The van der Waals surface area contributed by atoms with Crippen LogP contribution >= 0.6 is 0 Å². The van der Waals surface area contributed by atoms with E-state index in [2.05, 4.69) is 0 Å². The van der Waals surface area contributed by atoms with Gasteiger partial charge in [0.2, 0.25) is 0 Å². The second-order valence-corrected chi connectivity index (χ2v) is 6.92. The van der Waals surface area contributed by atoms with Gasteiger partial charge in [-0.05, 0) is 43.9 Å². The number of fused-ring (bicyclic) bond motifs is 1. The van der Waals surface area contributed by atoms with Crippen LogP contribution in [0.25, 0.3) is 6.08 Å². The molecule has 5 heteroatoms. The van der Waals surface area contributed by atoms with Crippen LogP contribution in [0, 0.1) is 0 Å². The molecule has 5 nitrogen and oxygen atoms in total. The van der Waals surface area contributed by atoms with Crippen molar-refractivity contribution in [3.05, 3.63) is 47.7 Å². The van der Waals surface area contributed by atoms with Crippen molar-refractivity contribution in [1.82, 2.24) is 4.90 Å². The second-order valence-electron chi connectivity index (χ2n) is 6.92. The van der Waals surface area contributed by atoms with Crippen molar-refractivity contribution in [2.24, 2.45) is 0 Å². The van der Waals surface area contributed by atoms with Crippen molar-refractivity contribution in [2.45, 2.75) is 37.4 Å². The van der Waals surface area contributed by atoms with Crippen molar-refractivity contribution >= 4 is 12.0 Å². The van der Waals surface area contributed by atoms with Gasteiger partial charge in [-0.3, -0.25) is 4.79 Å². The highest BCUT2D eigenvalue weighted by atomic mass is 16.5. The van der Waals surface area contributed by atoms with Gasteiger partial charge in [-0.25, -0.2) is 0 Å². The fraction of sp³-hybridized carbons (Fsp3) is 0.450. The van der Waals surface area contributed by atoms with Gasteiger partial charge in [0.05, 0.1) is 18.0 Å². The third kappa shape index (κ3) is 3.10. The summed E-state index contributed by atoms with van der Waals surface area (Å²) in [4.78, 5) is 14.8. The first-order valence-electron chi connectivity index (χ1n) is 8.93. The molecule has 1 atom stereocenters. The molecular weight excluding hydrogens is 318 g/mol. The number of likely N-dealkylation sites (tertiary alicyclic amines) is 1. The summed E-state index contributed by atoms with van der Waals surface area (Å²) in [7, 11) is 0. The molecule has 0 saturated carbocycles. The SMILES string of the molecule is O=C(C1=Cc2ccccc2OC=C1)N1CCC2(CC1)OCCCC2O. The van der Waals surface area contributed by atoms with E-state index in [4.69, 9.17) is 9.47 Å². The van der Waals surface area contributed by atoms with Crippen molar-refractivity contribution < 1.29 is 19.4 Å². The molecule has 2 saturated heterocycles. The molecule has 1 spiro atoms. The second kappa shape index (κ2) is 6.65. The van der Waals surface area contributed by atoms with Gasteiger partial charge in [0, 0.05) is 30.8 Å². The molecule has 0 aromatic heterocycles. The summed E-state index contributed by atoms with van der Waals surface area (Å²) in [5.41, 5.74) is 1.06. The number of nitrogens with zero attached hydrogens (tertiary/aromatic N) is 1. The smallest absolute Gasteiger partial charge is 0.253 e. The summed E-state index contributed by atoms with van der Waals surface area (Å²) >= 11 is 0. The van der Waals surface area contributed by atoms with E-state index >= 15 is 0 Å². The lowest BCUT2D eigenvalue weighted by atomic mass is 9.82. The largest absolute Gasteiger partial charge is 0.464 e. The summed E-state index contributed by atoms with van der Waals surface area (Å²) in [6, 6.07) is 7.66. The van der Waals surface area contributed by atoms with Crippen molar-refractivity contribution in [1.29, 1.82) is 0 Å². The molecule has 1 amide bonds. The van der Waals surface area contributed by atoms with E-state index in [9.17, 15) is 9.90 Å². The lowest BCUT2D eigenvalue weighted by molar-refractivity contribution is -0.178. The van der Waals surface area contributed by atoms with Crippen LogP contribution in [0.2, 0.25) is 0 Å². The summed E-state index contributed by atoms with van der Waals surface area (Å²) < 4.78 is 11.5. The lowest BCUT2D eigenvalue weighted by Crippen LogP contribution is -2.56. The topological polar surface area (TPSA) is 59.0 Å². The van der Waals surface area contributed by atoms with Crippen LogP contribution in [-0.4, -0.2) is 47.3 Å². The Labute approximate surface area is 147 Å². The van der Waals surface area contributed by atoms with Gasteiger partial charge in [0.1, 0.15) is 5.75 Å². The number of hydrogen-bond acceptors (Lipinski definition) is 4. The number of aliphatic hydroxyl groups excluding tert-OH is 1. The Kier molecular flexibility index (Phi) is 4.36. The Morgan fingerprint density at radius 3 is 2.84 bits per heavy atom. The van der Waals surface area contributed by atoms with E-state index < -0.39 is 11.7 Å². The molecule has 3 aliphatic heterocycles. The average Bonchev–Trinajstić information content (AvgIpc) is 2.87. The highest BCUT2D eigenvalue weighted by molar-refractivity contribution is 6.01. The van der Waals surface area contributed by atoms with Gasteiger partial charge in [0.15, 0.2) is 0 Å². The van der Waals surface area contributed by atoms with Crippen LogP contribution in [0.1, 0.15) is 31.2 Å². The Morgan fingerprint density at radius 1 is 1.24 bits per heavy atom. The summed E-state index contributed by atoms with van der Waals surface area (Å²) in [5.74, 6) is 0.745. The monoisotopic (exact) mass is 341 g/mol. The third-order valence-electron chi connectivity index (χ3n) is 5.44. The van der Waals surface area contributed by atoms with Crippen molar-refractivity contribution in [2.75, 3.05) is 19.7 Å². The molecule has 2 fully saturated rings. The molecular formula is C20H23NO4. The molecule has 1 unspecified atom stereocenters. The first-order chi connectivity index (χ1) is 12.2. The van der Waals surface area contributed by atoms with Gasteiger partial charge in [-0.15, -0.1) is 0 Å². The van der Waals surface area contributed by atoms with Crippen LogP contribution in [0.5, 0.6) is 5.75 Å². The molecule has 132 valence electrons. The predicted molar refractivity (Wildman–Crippen MR) is 93.9 cm³/mol. The number of amides is 1. The van der Waals surface area contributed by atoms with E-state index in [1.807, 2.05) is 35.2 Å². The Morgan fingerprint density at radius 2 is 2.04 bits per heavy atom. The maximum absolute atomic E-state index is 12.9. The number of carbonyl (C=O) groups is 1. The number of benzene rings is 1. The quantitative estimate of drug-likeness (QED) is 0.853. The normalized spacial score (nSPS) is 24.9. The van der Waals surface area contributed by atoms with Crippen LogP contribution in [0.4, 0.5) is 0 Å². The maximum atomic E-state index is 12.9. The molecule has 1 aromatic carbocycles. The van der Waals surface area contributed by atoms with Crippen molar-refractivity contribution in [3.63, 3.8) is 0 Å². The summed E-state index contributed by atoms with van der Waals surface area (Å²) in [6.45, 7) is 1.90. The average molecular weight is 341 g/mol. The van der Waals surface area contributed by atoms with E-state index in [0.29, 0.717) is 38.1 Å². The number of ether oxygens (including phenoxy) is 2. The first kappa shape index (κ1) is 16.4. The van der Waals surface area contributed by atoms with Gasteiger partial charge < -0.3 is 19.5 Å². The first-order valence-corrected chi connectivity index (χ1v) is 8.93. The number of piperidine rings is 1. The fourth-order valence-electron chi connectivity index (χ4n) is 3.90. The van der Waals surface area contributed by atoms with E-state index in [0.717, 1.165) is 24.2 Å². The minimum absolute atomic E-state index is 0.00305. The highest BCUT2D eigenvalue weighted by Crippen LogP contribution is 2.36. The molecule has 1 N–H and O–H groups in total. The van der Waals surface area contributed by atoms with Crippen LogP contribution in [-0.2, 0) is 9.53 Å². The maximum Gasteiger partial charge on any atom is 0.253 e. The third-order valence-corrected chi connectivity index (χ3v) is 5.44. The summed E-state index contributed by atoms with van der Waals surface area (Å²) in [6.07, 6.45) is 7.80. The highest BCUT2D eigenvalue weighted by Gasteiger charge is 2.44. The molecule has 1 aromatic rings. The van der Waals surface area contributed by atoms with E-state index in [-0.39, 0.29) is 5.91 Å². The number of aliphatic hydroxyl groups is 1. The lowest BCUT2D eigenvalue weighted by Gasteiger charge is -2.46. The fourth-order valence-corrected chi connectivity index (χ4v) is 3.90. The molecule has 25 heavy (non-hydrogen) atoms. The summed E-state index contributed by atoms with van der Waals surface area (Å²) in [5, 5.41) is 10.3. The van der Waals surface area contributed by atoms with Gasteiger partial charge in [-0.2, -0.15) is 0 Å². The Hall–Kier alpha value is -2.11. The minimum Gasteiger partial charge on any atom is -0.464 e. The van der Waals surface area contributed by atoms with Gasteiger partial charge >= 0.3 is 0 Å². The van der Waals surface area contributed by atoms with E-state index in [1.54, 1.807) is 12.3 Å². The molecule has 0 radical (unpaired) electrons. The molecule has 0 aliphatic carbocycles. The molecule has 3 heterocycles. The number of carbonyl (C=O) groups excluding carboxylic acids is 1. The molecule has 0 bridgehead atoms. The Bertz CT molecular complexity index is 716. The molecule has 3 aliphatic rings. The zero-order valence-corrected chi connectivity index (χ0v) is 14.2. The minimum atomic E-state index is -0.460. The standard InChI is InChI=1S/C20H23NO4/c22-18-6-3-12-25-20(18)8-10-21(11-9-20)19(23)16-7-13-24-17-5-2-1-4-15(17)14-16/h1-2,4-5,7,13-14,18,22H,3,6,8-12H2. The zero-order valence-electron chi connectivity index (χ0n) is 14.2. The number of rotatable bonds is 1. The van der Waals surface area contributed by atoms with E-state index in [1.165, 1.54) is 0 Å². The molecule has 4 rings (SSSR count). The van der Waals surface area contributed by atoms with Crippen LogP contribution in [0.15, 0.2) is 42.2 Å². The Balaban J connectivity index is 1.48. The van der Waals surface area contributed by atoms with Gasteiger partial charge in [-0.1, -0.05) is 18.2 Å². The van der Waals surface area contributed by atoms with Crippen LogP contribution in [0.3, 0.4) is 0 Å². The predicted octanol–water partition coefficient (Wildman–Crippen LogP) is 2.51. The number of hydrogen-bond donors (Lipinski definition) is 1. The van der Waals surface area contributed by atoms with Crippen LogP contribution < -0.4 is 4.74 Å². The van der Waals surface area contributed by atoms with Gasteiger partial charge in [0.25, 0.3) is 5.91 Å².